The van der Waals surface area contributed by atoms with E-state index < -0.39 is 0 Å². The zero-order valence-electron chi connectivity index (χ0n) is 12.3. The van der Waals surface area contributed by atoms with Gasteiger partial charge in [-0.2, -0.15) is 0 Å². The van der Waals surface area contributed by atoms with Crippen LogP contribution in [0.2, 0.25) is 0 Å². The maximum atomic E-state index is 10.6. The zero-order valence-corrected chi connectivity index (χ0v) is 12.3. The monoisotopic (exact) mass is 294 g/mol. The molecule has 112 valence electrons. The number of benzene rings is 2. The molecular weight excluding hydrogens is 276 g/mol. The van der Waals surface area contributed by atoms with Crippen LogP contribution in [0.25, 0.3) is 12.2 Å². The van der Waals surface area contributed by atoms with Crippen molar-refractivity contribution < 1.29 is 4.92 Å². The minimum atomic E-state index is -0.384. The summed E-state index contributed by atoms with van der Waals surface area (Å²) < 4.78 is 0. The van der Waals surface area contributed by atoms with Crippen molar-refractivity contribution in [3.63, 3.8) is 0 Å². The van der Waals surface area contributed by atoms with E-state index in [-0.39, 0.29) is 10.6 Å². The summed E-state index contributed by atoms with van der Waals surface area (Å²) >= 11 is 0. The Balaban J connectivity index is 1.68. The van der Waals surface area contributed by atoms with Crippen molar-refractivity contribution in [2.24, 2.45) is 0 Å². The Bertz CT molecular complexity index is 669. The first-order valence-electron chi connectivity index (χ1n) is 7.50. The van der Waals surface area contributed by atoms with Crippen LogP contribution in [0.5, 0.6) is 0 Å². The van der Waals surface area contributed by atoms with Crippen molar-refractivity contribution in [3.05, 3.63) is 69.8 Å². The molecule has 0 unspecified atom stereocenters. The van der Waals surface area contributed by atoms with Gasteiger partial charge in [0.25, 0.3) is 5.69 Å². The summed E-state index contributed by atoms with van der Waals surface area (Å²) in [5, 5.41) is 10.6. The van der Waals surface area contributed by atoms with Crippen LogP contribution in [0.15, 0.2) is 48.5 Å². The van der Waals surface area contributed by atoms with Crippen LogP contribution < -0.4 is 4.90 Å². The number of anilines is 1. The van der Waals surface area contributed by atoms with Crippen LogP contribution in [0.1, 0.15) is 24.0 Å². The lowest BCUT2D eigenvalue weighted by Gasteiger charge is -2.17. The minimum absolute atomic E-state index is 0.118. The second kappa shape index (κ2) is 6.43. The van der Waals surface area contributed by atoms with E-state index in [0.29, 0.717) is 0 Å². The van der Waals surface area contributed by atoms with Crippen LogP contribution in [0.4, 0.5) is 11.4 Å². The average molecular weight is 294 g/mol. The summed E-state index contributed by atoms with van der Waals surface area (Å²) in [6, 6.07) is 15.1. The zero-order chi connectivity index (χ0) is 15.4. The molecule has 4 nitrogen and oxygen atoms in total. The van der Waals surface area contributed by atoms with E-state index in [1.807, 2.05) is 12.2 Å². The predicted octanol–water partition coefficient (Wildman–Crippen LogP) is 4.37. The van der Waals surface area contributed by atoms with Gasteiger partial charge in [0.05, 0.1) is 4.92 Å². The highest BCUT2D eigenvalue weighted by atomic mass is 16.6. The van der Waals surface area contributed by atoms with Gasteiger partial charge >= 0.3 is 0 Å². The van der Waals surface area contributed by atoms with E-state index in [9.17, 15) is 10.1 Å². The molecular formula is C18H18N2O2. The average Bonchev–Trinajstić information content (AvgIpc) is 3.08. The number of non-ortho nitro benzene ring substituents is 1. The largest absolute Gasteiger partial charge is 0.372 e. The third-order valence-corrected chi connectivity index (χ3v) is 3.94. The topological polar surface area (TPSA) is 46.4 Å². The minimum Gasteiger partial charge on any atom is -0.372 e. The normalized spacial score (nSPS) is 14.6. The summed E-state index contributed by atoms with van der Waals surface area (Å²) in [6.45, 7) is 2.30. The van der Waals surface area contributed by atoms with E-state index in [2.05, 4.69) is 29.2 Å². The van der Waals surface area contributed by atoms with E-state index in [1.165, 1.54) is 30.7 Å². The molecule has 0 bridgehead atoms. The van der Waals surface area contributed by atoms with Gasteiger partial charge in [0, 0.05) is 30.9 Å². The van der Waals surface area contributed by atoms with Gasteiger partial charge in [-0.05, 0) is 48.2 Å². The second-order valence-electron chi connectivity index (χ2n) is 5.47. The molecule has 0 N–H and O–H groups in total. The van der Waals surface area contributed by atoms with Crippen molar-refractivity contribution in [2.45, 2.75) is 12.8 Å². The quantitative estimate of drug-likeness (QED) is 0.478. The van der Waals surface area contributed by atoms with Gasteiger partial charge in [-0.25, -0.2) is 0 Å². The summed E-state index contributed by atoms with van der Waals surface area (Å²) in [5.41, 5.74) is 3.48. The Labute approximate surface area is 129 Å². The molecule has 22 heavy (non-hydrogen) atoms. The molecule has 0 radical (unpaired) electrons. The maximum Gasteiger partial charge on any atom is 0.269 e. The molecule has 0 atom stereocenters. The Kier molecular flexibility index (Phi) is 4.19. The molecule has 4 heteroatoms. The predicted molar refractivity (Wildman–Crippen MR) is 89.9 cm³/mol. The molecule has 2 aromatic rings. The highest BCUT2D eigenvalue weighted by Crippen LogP contribution is 2.21. The fourth-order valence-electron chi connectivity index (χ4n) is 2.67. The summed E-state index contributed by atoms with van der Waals surface area (Å²) in [5.74, 6) is 0. The van der Waals surface area contributed by atoms with E-state index in [0.717, 1.165) is 24.2 Å². The molecule has 0 aliphatic carbocycles. The summed E-state index contributed by atoms with van der Waals surface area (Å²) in [7, 11) is 0. The highest BCUT2D eigenvalue weighted by molar-refractivity contribution is 5.71. The summed E-state index contributed by atoms with van der Waals surface area (Å²) in [4.78, 5) is 12.6. The van der Waals surface area contributed by atoms with Gasteiger partial charge in [0.1, 0.15) is 0 Å². The summed E-state index contributed by atoms with van der Waals surface area (Å²) in [6.07, 6.45) is 6.55. The SMILES string of the molecule is O=[N+]([O-])c1ccc(C=Cc2ccc(N3CCCC3)cc2)cc1. The van der Waals surface area contributed by atoms with Crippen molar-refractivity contribution in [1.29, 1.82) is 0 Å². The van der Waals surface area contributed by atoms with Gasteiger partial charge in [-0.15, -0.1) is 0 Å². The van der Waals surface area contributed by atoms with Gasteiger partial charge in [-0.1, -0.05) is 24.3 Å². The Morgan fingerprint density at radius 1 is 0.864 bits per heavy atom. The third kappa shape index (κ3) is 3.34. The lowest BCUT2D eigenvalue weighted by Crippen LogP contribution is -2.17. The van der Waals surface area contributed by atoms with Crippen molar-refractivity contribution >= 4 is 23.5 Å². The molecule has 1 saturated heterocycles. The number of hydrogen-bond donors (Lipinski definition) is 0. The van der Waals surface area contributed by atoms with Gasteiger partial charge in [-0.3, -0.25) is 10.1 Å². The number of hydrogen-bond acceptors (Lipinski definition) is 3. The van der Waals surface area contributed by atoms with Crippen LogP contribution in [0.3, 0.4) is 0 Å². The Hall–Kier alpha value is -2.62. The lowest BCUT2D eigenvalue weighted by molar-refractivity contribution is -0.384. The first-order valence-corrected chi connectivity index (χ1v) is 7.50. The van der Waals surface area contributed by atoms with E-state index >= 15 is 0 Å². The molecule has 3 rings (SSSR count). The lowest BCUT2D eigenvalue weighted by atomic mass is 10.1. The van der Waals surface area contributed by atoms with Gasteiger partial charge in [0.2, 0.25) is 0 Å². The maximum absolute atomic E-state index is 10.6. The molecule has 0 spiro atoms. The standard InChI is InChI=1S/C18H18N2O2/c21-20(22)18-11-7-16(8-12-18)4-3-15-5-9-17(10-6-15)19-13-1-2-14-19/h3-12H,1-2,13-14H2. The van der Waals surface area contributed by atoms with Gasteiger partial charge in [0.15, 0.2) is 0 Å². The Morgan fingerprint density at radius 2 is 1.36 bits per heavy atom. The van der Waals surface area contributed by atoms with E-state index in [1.54, 1.807) is 12.1 Å². The molecule has 0 saturated carbocycles. The Morgan fingerprint density at radius 3 is 1.86 bits per heavy atom. The smallest absolute Gasteiger partial charge is 0.269 e. The van der Waals surface area contributed by atoms with Crippen LogP contribution in [0, 0.1) is 10.1 Å². The molecule has 1 aliphatic rings. The molecule has 2 aromatic carbocycles. The molecule has 0 amide bonds. The van der Waals surface area contributed by atoms with Crippen molar-refractivity contribution in [3.8, 4) is 0 Å². The fourth-order valence-corrected chi connectivity index (χ4v) is 2.67. The first-order chi connectivity index (χ1) is 10.7. The van der Waals surface area contributed by atoms with Crippen LogP contribution >= 0.6 is 0 Å². The molecule has 1 heterocycles. The highest BCUT2D eigenvalue weighted by Gasteiger charge is 2.11. The number of nitro benzene ring substituents is 1. The van der Waals surface area contributed by atoms with Crippen molar-refractivity contribution in [2.75, 3.05) is 18.0 Å². The number of rotatable bonds is 4. The van der Waals surface area contributed by atoms with Crippen LogP contribution in [-0.4, -0.2) is 18.0 Å². The van der Waals surface area contributed by atoms with Crippen molar-refractivity contribution in [1.82, 2.24) is 0 Å². The van der Waals surface area contributed by atoms with E-state index in [4.69, 9.17) is 0 Å². The molecule has 1 aliphatic heterocycles. The molecule has 1 fully saturated rings. The van der Waals surface area contributed by atoms with Crippen LogP contribution in [-0.2, 0) is 0 Å². The molecule has 0 aromatic heterocycles. The third-order valence-electron chi connectivity index (χ3n) is 3.94. The fraction of sp³-hybridized carbons (Fsp3) is 0.222. The number of nitrogens with zero attached hydrogens (tertiary/aromatic N) is 2. The second-order valence-corrected chi connectivity index (χ2v) is 5.47. The van der Waals surface area contributed by atoms with Gasteiger partial charge < -0.3 is 4.90 Å². The number of nitro groups is 1. The first kappa shape index (κ1) is 14.3.